The van der Waals surface area contributed by atoms with Gasteiger partial charge in [0.2, 0.25) is 10.0 Å². The third-order valence-electron chi connectivity index (χ3n) is 4.30. The van der Waals surface area contributed by atoms with Gasteiger partial charge in [-0.05, 0) is 36.2 Å². The highest BCUT2D eigenvalue weighted by molar-refractivity contribution is 7.93. The molecule has 0 atom stereocenters. The quantitative estimate of drug-likeness (QED) is 0.593. The monoisotopic (exact) mass is 415 g/mol. The molecule has 2 aromatic carbocycles. The van der Waals surface area contributed by atoms with Gasteiger partial charge in [-0.15, -0.1) is 0 Å². The average molecular weight is 415 g/mol. The van der Waals surface area contributed by atoms with E-state index in [4.69, 9.17) is 0 Å². The summed E-state index contributed by atoms with van der Waals surface area (Å²) in [7, 11) is -3.34. The normalized spacial score (nSPS) is 16.2. The molecule has 2 aromatic rings. The molecule has 28 heavy (non-hydrogen) atoms. The summed E-state index contributed by atoms with van der Waals surface area (Å²) >= 11 is 0. The highest BCUT2D eigenvalue weighted by Crippen LogP contribution is 2.35. The van der Waals surface area contributed by atoms with Crippen molar-refractivity contribution in [3.05, 3.63) is 63.7 Å². The Morgan fingerprint density at radius 2 is 1.93 bits per heavy atom. The lowest BCUT2D eigenvalue weighted by Gasteiger charge is -2.18. The number of alkyl halides is 3. The predicted octanol–water partition coefficient (Wildman–Crippen LogP) is 3.77. The number of nitrogens with one attached hydrogen (secondary N) is 1. The Morgan fingerprint density at radius 1 is 1.18 bits per heavy atom. The molecule has 1 heterocycles. The Kier molecular flexibility index (Phi) is 5.20. The Bertz CT molecular complexity index is 1010. The average Bonchev–Trinajstić information content (AvgIpc) is 2.98. The first kappa shape index (κ1) is 19.9. The summed E-state index contributed by atoms with van der Waals surface area (Å²) in [5.41, 5.74) is -0.733. The van der Waals surface area contributed by atoms with E-state index >= 15 is 0 Å². The van der Waals surface area contributed by atoms with E-state index in [0.29, 0.717) is 30.3 Å². The van der Waals surface area contributed by atoms with Gasteiger partial charge in [0, 0.05) is 19.2 Å². The Morgan fingerprint density at radius 3 is 2.54 bits per heavy atom. The zero-order valence-electron chi connectivity index (χ0n) is 14.4. The number of hydrogen-bond donors (Lipinski definition) is 1. The SMILES string of the molecule is O=[N+]([O-])c1cc(C(F)(F)F)ccc1NCc1cccc(N2CCCS2(=O)=O)c1. The van der Waals surface area contributed by atoms with Crippen molar-refractivity contribution < 1.29 is 26.5 Å². The number of nitro groups is 1. The van der Waals surface area contributed by atoms with Gasteiger partial charge < -0.3 is 5.32 Å². The van der Waals surface area contributed by atoms with Crippen LogP contribution in [0.5, 0.6) is 0 Å². The van der Waals surface area contributed by atoms with Crippen LogP contribution in [0.4, 0.5) is 30.2 Å². The smallest absolute Gasteiger partial charge is 0.375 e. The molecule has 0 aromatic heterocycles. The summed E-state index contributed by atoms with van der Waals surface area (Å²) in [5.74, 6) is 0.0766. The van der Waals surface area contributed by atoms with E-state index in [2.05, 4.69) is 5.32 Å². The van der Waals surface area contributed by atoms with E-state index in [1.54, 1.807) is 24.3 Å². The Hall–Kier alpha value is -2.82. The highest BCUT2D eigenvalue weighted by Gasteiger charge is 2.33. The van der Waals surface area contributed by atoms with Crippen molar-refractivity contribution in [2.24, 2.45) is 0 Å². The van der Waals surface area contributed by atoms with Gasteiger partial charge in [0.25, 0.3) is 5.69 Å². The summed E-state index contributed by atoms with van der Waals surface area (Å²) in [6, 6.07) is 8.88. The molecular formula is C17H16F3N3O4S. The van der Waals surface area contributed by atoms with Crippen molar-refractivity contribution in [2.45, 2.75) is 19.1 Å². The lowest BCUT2D eigenvalue weighted by atomic mass is 10.1. The maximum Gasteiger partial charge on any atom is 0.416 e. The molecule has 150 valence electrons. The van der Waals surface area contributed by atoms with Gasteiger partial charge in [0.1, 0.15) is 5.69 Å². The lowest BCUT2D eigenvalue weighted by Crippen LogP contribution is -2.25. The number of sulfonamides is 1. The molecule has 1 saturated heterocycles. The van der Waals surface area contributed by atoms with Crippen molar-refractivity contribution in [1.29, 1.82) is 0 Å². The van der Waals surface area contributed by atoms with Gasteiger partial charge in [0.15, 0.2) is 0 Å². The number of nitro benzene ring substituents is 1. The topological polar surface area (TPSA) is 92.6 Å². The molecule has 11 heteroatoms. The van der Waals surface area contributed by atoms with Crippen LogP contribution in [-0.4, -0.2) is 25.6 Å². The largest absolute Gasteiger partial charge is 0.416 e. The van der Waals surface area contributed by atoms with E-state index in [0.717, 1.165) is 12.1 Å². The first-order chi connectivity index (χ1) is 13.1. The fourth-order valence-corrected chi connectivity index (χ4v) is 4.51. The molecule has 0 radical (unpaired) electrons. The van der Waals surface area contributed by atoms with Gasteiger partial charge in [-0.2, -0.15) is 13.2 Å². The zero-order valence-corrected chi connectivity index (χ0v) is 15.3. The molecule has 0 aliphatic carbocycles. The van der Waals surface area contributed by atoms with Crippen LogP contribution >= 0.6 is 0 Å². The van der Waals surface area contributed by atoms with E-state index in [1.807, 2.05) is 0 Å². The summed E-state index contributed by atoms with van der Waals surface area (Å²) < 4.78 is 63.7. The second-order valence-electron chi connectivity index (χ2n) is 6.25. The second-order valence-corrected chi connectivity index (χ2v) is 8.26. The summed E-state index contributed by atoms with van der Waals surface area (Å²) in [6.07, 6.45) is -4.15. The summed E-state index contributed by atoms with van der Waals surface area (Å²) in [6.45, 7) is 0.456. The van der Waals surface area contributed by atoms with Crippen molar-refractivity contribution in [3.63, 3.8) is 0 Å². The van der Waals surface area contributed by atoms with Crippen molar-refractivity contribution in [3.8, 4) is 0 Å². The number of anilines is 2. The molecular weight excluding hydrogens is 399 g/mol. The van der Waals surface area contributed by atoms with Crippen LogP contribution in [-0.2, 0) is 22.7 Å². The van der Waals surface area contributed by atoms with Crippen LogP contribution in [0.1, 0.15) is 17.5 Å². The summed E-state index contributed by atoms with van der Waals surface area (Å²) in [5, 5.41) is 13.9. The van der Waals surface area contributed by atoms with Crippen molar-refractivity contribution in [2.75, 3.05) is 21.9 Å². The van der Waals surface area contributed by atoms with E-state index in [9.17, 15) is 31.7 Å². The molecule has 3 rings (SSSR count). The lowest BCUT2D eigenvalue weighted by molar-refractivity contribution is -0.384. The van der Waals surface area contributed by atoms with Crippen molar-refractivity contribution >= 4 is 27.1 Å². The predicted molar refractivity (Wildman–Crippen MR) is 97.6 cm³/mol. The zero-order chi connectivity index (χ0) is 20.5. The number of halogens is 3. The molecule has 1 aliphatic rings. The van der Waals surface area contributed by atoms with Crippen LogP contribution in [0, 0.1) is 10.1 Å². The van der Waals surface area contributed by atoms with Gasteiger partial charge in [0.05, 0.1) is 21.9 Å². The fourth-order valence-electron chi connectivity index (χ4n) is 2.96. The van der Waals surface area contributed by atoms with E-state index in [-0.39, 0.29) is 18.0 Å². The molecule has 1 aliphatic heterocycles. The molecule has 0 unspecified atom stereocenters. The first-order valence-electron chi connectivity index (χ1n) is 8.27. The molecule has 0 spiro atoms. The molecule has 0 amide bonds. The number of hydrogen-bond acceptors (Lipinski definition) is 5. The van der Waals surface area contributed by atoms with Gasteiger partial charge in [-0.25, -0.2) is 8.42 Å². The molecule has 0 bridgehead atoms. The van der Waals surface area contributed by atoms with Crippen LogP contribution in [0.2, 0.25) is 0 Å². The van der Waals surface area contributed by atoms with Crippen LogP contribution in [0.15, 0.2) is 42.5 Å². The van der Waals surface area contributed by atoms with Crippen LogP contribution in [0.25, 0.3) is 0 Å². The number of nitrogens with zero attached hydrogens (tertiary/aromatic N) is 2. The van der Waals surface area contributed by atoms with Gasteiger partial charge in [-0.1, -0.05) is 12.1 Å². The molecule has 7 nitrogen and oxygen atoms in total. The second kappa shape index (κ2) is 7.30. The maximum absolute atomic E-state index is 12.8. The standard InChI is InChI=1S/C17H16F3N3O4S/c18-17(19,20)13-5-6-15(16(10-13)23(24)25)21-11-12-3-1-4-14(9-12)22-7-2-8-28(22,26)27/h1,3-6,9-10,21H,2,7-8,11H2. The Balaban J connectivity index is 1.81. The minimum absolute atomic E-state index is 0.0582. The minimum Gasteiger partial charge on any atom is -0.375 e. The van der Waals surface area contributed by atoms with E-state index in [1.165, 1.54) is 4.31 Å². The van der Waals surface area contributed by atoms with Gasteiger partial charge >= 0.3 is 6.18 Å². The van der Waals surface area contributed by atoms with Crippen LogP contribution in [0.3, 0.4) is 0 Å². The molecule has 0 saturated carbocycles. The molecule has 1 fully saturated rings. The first-order valence-corrected chi connectivity index (χ1v) is 9.88. The third-order valence-corrected chi connectivity index (χ3v) is 6.17. The number of rotatable bonds is 5. The minimum atomic E-state index is -4.68. The maximum atomic E-state index is 12.8. The van der Waals surface area contributed by atoms with Crippen LogP contribution < -0.4 is 9.62 Å². The highest BCUT2D eigenvalue weighted by atomic mass is 32.2. The van der Waals surface area contributed by atoms with Gasteiger partial charge in [-0.3, -0.25) is 14.4 Å². The third kappa shape index (κ3) is 4.19. The molecule has 1 N–H and O–H groups in total. The fraction of sp³-hybridized carbons (Fsp3) is 0.294. The summed E-state index contributed by atoms with van der Waals surface area (Å²) in [4.78, 5) is 10.3. The number of benzene rings is 2. The Labute approximate surface area is 159 Å². The van der Waals surface area contributed by atoms with E-state index < -0.39 is 32.4 Å². The van der Waals surface area contributed by atoms with Crippen molar-refractivity contribution in [1.82, 2.24) is 0 Å².